The Morgan fingerprint density at radius 2 is 1.70 bits per heavy atom. The molecule has 0 aliphatic carbocycles. The first-order valence-corrected chi connectivity index (χ1v) is 13.2. The van der Waals surface area contributed by atoms with E-state index in [1.807, 2.05) is 10.6 Å². The van der Waals surface area contributed by atoms with E-state index in [9.17, 15) is 35.5 Å². The number of aryl methyl sites for hydroxylation is 1. The number of fused-ring (bicyclic) bond motifs is 1. The zero-order chi connectivity index (χ0) is 31.6. The van der Waals surface area contributed by atoms with E-state index in [-0.39, 0.29) is 16.7 Å². The van der Waals surface area contributed by atoms with Crippen LogP contribution in [0.2, 0.25) is 0 Å². The van der Waals surface area contributed by atoms with Crippen LogP contribution in [-0.4, -0.2) is 70.2 Å². The number of anilines is 2. The second-order valence-electron chi connectivity index (χ2n) is 9.78. The van der Waals surface area contributed by atoms with Gasteiger partial charge in [0.25, 0.3) is 0 Å². The SMILES string of the molecule is Cc1ncnc2c1c(-c1cccc(NC(=O)Nc3cc(C(F)(F)F)ccc3F)c1C(F)(F)F)nn2NCCN1CCOCC1. The lowest BCUT2D eigenvalue weighted by atomic mass is 9.99. The van der Waals surface area contributed by atoms with Gasteiger partial charge in [-0.2, -0.15) is 31.1 Å². The van der Waals surface area contributed by atoms with Gasteiger partial charge in [-0.25, -0.2) is 19.2 Å². The van der Waals surface area contributed by atoms with Crippen LogP contribution in [0.5, 0.6) is 0 Å². The lowest BCUT2D eigenvalue weighted by Crippen LogP contribution is -2.40. The molecule has 3 heterocycles. The summed E-state index contributed by atoms with van der Waals surface area (Å²) in [7, 11) is 0. The minimum atomic E-state index is -5.04. The number of nitrogens with zero attached hydrogens (tertiary/aromatic N) is 5. The molecule has 0 spiro atoms. The molecule has 3 N–H and O–H groups in total. The van der Waals surface area contributed by atoms with Crippen LogP contribution in [0.25, 0.3) is 22.3 Å². The van der Waals surface area contributed by atoms with Gasteiger partial charge in [-0.05, 0) is 31.2 Å². The molecule has 10 nitrogen and oxygen atoms in total. The summed E-state index contributed by atoms with van der Waals surface area (Å²) in [5, 5.41) is 8.45. The van der Waals surface area contributed by atoms with Crippen molar-refractivity contribution in [3.05, 3.63) is 65.4 Å². The van der Waals surface area contributed by atoms with E-state index in [0.29, 0.717) is 50.2 Å². The van der Waals surface area contributed by atoms with Crippen molar-refractivity contribution in [3.8, 4) is 11.3 Å². The number of carbonyl (C=O) groups excluding carboxylic acids is 1. The molecular weight excluding hydrogens is 601 g/mol. The highest BCUT2D eigenvalue weighted by Crippen LogP contribution is 2.43. The third-order valence-electron chi connectivity index (χ3n) is 6.84. The first-order chi connectivity index (χ1) is 20.8. The van der Waals surface area contributed by atoms with Gasteiger partial charge in [-0.1, -0.05) is 12.1 Å². The van der Waals surface area contributed by atoms with Crippen molar-refractivity contribution in [2.24, 2.45) is 0 Å². The van der Waals surface area contributed by atoms with Crippen molar-refractivity contribution in [1.82, 2.24) is 24.8 Å². The predicted octanol–water partition coefficient (Wildman–Crippen LogP) is 5.50. The quantitative estimate of drug-likeness (QED) is 0.233. The molecule has 0 radical (unpaired) electrons. The monoisotopic (exact) mass is 626 g/mol. The summed E-state index contributed by atoms with van der Waals surface area (Å²) in [4.78, 5) is 24.4. The fourth-order valence-corrected chi connectivity index (χ4v) is 4.77. The topological polar surface area (TPSA) is 109 Å². The minimum Gasteiger partial charge on any atom is -0.379 e. The second kappa shape index (κ2) is 12.2. The summed E-state index contributed by atoms with van der Waals surface area (Å²) >= 11 is 0. The molecule has 2 aromatic carbocycles. The van der Waals surface area contributed by atoms with E-state index >= 15 is 0 Å². The summed E-state index contributed by atoms with van der Waals surface area (Å²) in [5.74, 6) is -1.22. The smallest absolute Gasteiger partial charge is 0.379 e. The molecule has 17 heteroatoms. The normalized spacial score (nSPS) is 14.5. The van der Waals surface area contributed by atoms with Crippen molar-refractivity contribution in [2.45, 2.75) is 19.3 Å². The number of urea groups is 1. The van der Waals surface area contributed by atoms with E-state index < -0.39 is 52.3 Å². The molecule has 44 heavy (non-hydrogen) atoms. The fraction of sp³-hybridized carbons (Fsp3) is 0.333. The van der Waals surface area contributed by atoms with Gasteiger partial charge in [0.1, 0.15) is 17.8 Å². The van der Waals surface area contributed by atoms with Crippen molar-refractivity contribution in [3.63, 3.8) is 0 Å². The van der Waals surface area contributed by atoms with E-state index in [4.69, 9.17) is 4.74 Å². The molecule has 1 aliphatic heterocycles. The van der Waals surface area contributed by atoms with Gasteiger partial charge in [0.2, 0.25) is 0 Å². The minimum absolute atomic E-state index is 0.128. The summed E-state index contributed by atoms with van der Waals surface area (Å²) in [6.45, 7) is 5.24. The van der Waals surface area contributed by atoms with Gasteiger partial charge in [-0.3, -0.25) is 4.90 Å². The van der Waals surface area contributed by atoms with Crippen molar-refractivity contribution in [2.75, 3.05) is 55.5 Å². The van der Waals surface area contributed by atoms with E-state index in [0.717, 1.165) is 25.2 Å². The molecule has 0 bridgehead atoms. The summed E-state index contributed by atoms with van der Waals surface area (Å²) < 4.78 is 102. The van der Waals surface area contributed by atoms with Crippen LogP contribution in [0.3, 0.4) is 0 Å². The Labute approximate surface area is 245 Å². The molecule has 1 fully saturated rings. The van der Waals surface area contributed by atoms with Gasteiger partial charge in [0.15, 0.2) is 5.65 Å². The Hall–Kier alpha value is -4.51. The van der Waals surface area contributed by atoms with Crippen molar-refractivity contribution in [1.29, 1.82) is 0 Å². The number of ether oxygens (including phenoxy) is 1. The van der Waals surface area contributed by atoms with Crippen LogP contribution in [0.1, 0.15) is 16.8 Å². The maximum absolute atomic E-state index is 14.6. The Kier molecular flexibility index (Phi) is 8.60. The fourth-order valence-electron chi connectivity index (χ4n) is 4.77. The number of halogens is 7. The molecular formula is C27H25F7N8O2. The average molecular weight is 627 g/mol. The predicted molar refractivity (Wildman–Crippen MR) is 146 cm³/mol. The molecule has 234 valence electrons. The molecule has 0 saturated carbocycles. The standard InChI is InChI=1S/C27H25F7N8O2/c1-15-21-23(40-42(24(21)36-14-35-15)37-7-8-41-9-11-44-12-10-41)17-3-2-4-19(22(17)27(32,33)34)38-25(43)39-20-13-16(26(29,30)31)5-6-18(20)28/h2-6,13-14,37H,7-12H2,1H3,(H2,38,39,43). The number of benzene rings is 2. The zero-order valence-electron chi connectivity index (χ0n) is 23.0. The number of morpholine rings is 1. The van der Waals surface area contributed by atoms with Gasteiger partial charge >= 0.3 is 18.4 Å². The van der Waals surface area contributed by atoms with Crippen molar-refractivity contribution < 1.29 is 40.3 Å². The van der Waals surface area contributed by atoms with Gasteiger partial charge in [0, 0.05) is 31.7 Å². The van der Waals surface area contributed by atoms with Gasteiger partial charge < -0.3 is 20.8 Å². The average Bonchev–Trinajstić information content (AvgIpc) is 3.33. The number of hydrogen-bond acceptors (Lipinski definition) is 7. The Bertz CT molecular complexity index is 1670. The number of nitrogens with one attached hydrogen (secondary N) is 3. The zero-order valence-corrected chi connectivity index (χ0v) is 23.0. The third kappa shape index (κ3) is 6.67. The molecule has 2 amide bonds. The maximum atomic E-state index is 14.6. The highest BCUT2D eigenvalue weighted by molar-refractivity contribution is 6.02. The highest BCUT2D eigenvalue weighted by Gasteiger charge is 2.39. The number of hydrogen-bond donors (Lipinski definition) is 3. The summed E-state index contributed by atoms with van der Waals surface area (Å²) in [6, 6.07) is 3.25. The van der Waals surface area contributed by atoms with Crippen molar-refractivity contribution >= 4 is 28.4 Å². The second-order valence-corrected chi connectivity index (χ2v) is 9.78. The summed E-state index contributed by atoms with van der Waals surface area (Å²) in [5.41, 5.74) is -1.08. The molecule has 0 unspecified atom stereocenters. The molecule has 0 atom stereocenters. The first kappa shape index (κ1) is 30.9. The molecule has 1 saturated heterocycles. The van der Waals surface area contributed by atoms with E-state index in [1.165, 1.54) is 17.2 Å². The highest BCUT2D eigenvalue weighted by atomic mass is 19.4. The Morgan fingerprint density at radius 3 is 2.41 bits per heavy atom. The molecule has 1 aliphatic rings. The third-order valence-corrected chi connectivity index (χ3v) is 6.84. The maximum Gasteiger partial charge on any atom is 0.419 e. The van der Waals surface area contributed by atoms with Gasteiger partial charge in [0.05, 0.1) is 46.8 Å². The van der Waals surface area contributed by atoms with Crippen LogP contribution in [-0.2, 0) is 17.1 Å². The molecule has 4 aromatic rings. The number of rotatable bonds is 7. The Balaban J connectivity index is 1.48. The lowest BCUT2D eigenvalue weighted by molar-refractivity contribution is -0.138. The number of aromatic nitrogens is 4. The van der Waals surface area contributed by atoms with Crippen LogP contribution in [0.4, 0.5) is 46.9 Å². The number of carbonyl (C=O) groups is 1. The van der Waals surface area contributed by atoms with Crippen LogP contribution in [0.15, 0.2) is 42.7 Å². The lowest BCUT2D eigenvalue weighted by Gasteiger charge is -2.26. The van der Waals surface area contributed by atoms with E-state index in [2.05, 4.69) is 25.4 Å². The number of alkyl halides is 6. The number of amides is 2. The molecule has 2 aromatic heterocycles. The Morgan fingerprint density at radius 1 is 0.977 bits per heavy atom. The summed E-state index contributed by atoms with van der Waals surface area (Å²) in [6.07, 6.45) is -8.63. The largest absolute Gasteiger partial charge is 0.419 e. The first-order valence-electron chi connectivity index (χ1n) is 13.2. The van der Waals surface area contributed by atoms with E-state index in [1.54, 1.807) is 6.92 Å². The van der Waals surface area contributed by atoms with Gasteiger partial charge in [-0.15, -0.1) is 5.10 Å². The van der Waals surface area contributed by atoms with Crippen LogP contribution >= 0.6 is 0 Å². The molecule has 5 rings (SSSR count). The van der Waals surface area contributed by atoms with Crippen LogP contribution < -0.4 is 16.1 Å². The van der Waals surface area contributed by atoms with Crippen LogP contribution in [0, 0.1) is 12.7 Å².